The first-order valence-corrected chi connectivity index (χ1v) is 7.35. The number of carbonyl (C=O) groups is 1. The molecule has 0 saturated heterocycles. The Kier molecular flexibility index (Phi) is 7.09. The van der Waals surface area contributed by atoms with Crippen molar-refractivity contribution in [1.29, 1.82) is 0 Å². The summed E-state index contributed by atoms with van der Waals surface area (Å²) < 4.78 is 17.4. The van der Waals surface area contributed by atoms with Gasteiger partial charge in [0.25, 0.3) is 0 Å². The highest BCUT2D eigenvalue weighted by atomic mass is 16.5. The number of amides is 1. The fourth-order valence-corrected chi connectivity index (χ4v) is 1.83. The Labute approximate surface area is 135 Å². The van der Waals surface area contributed by atoms with Crippen LogP contribution in [0.15, 0.2) is 42.7 Å². The van der Waals surface area contributed by atoms with Gasteiger partial charge >= 0.3 is 0 Å². The molecule has 1 aromatic carbocycles. The molecular weight excluding hydrogens is 298 g/mol. The molecule has 1 aromatic heterocycles. The molecule has 124 valence electrons. The summed E-state index contributed by atoms with van der Waals surface area (Å²) in [5.41, 5.74) is 0.634. The molecule has 0 bridgehead atoms. The minimum absolute atomic E-state index is 0.0264. The van der Waals surface area contributed by atoms with Crippen molar-refractivity contribution in [3.05, 3.63) is 42.7 Å². The molecule has 7 nitrogen and oxygen atoms in total. The van der Waals surface area contributed by atoms with E-state index in [0.29, 0.717) is 32.1 Å². The number of nitrogens with one attached hydrogen (secondary N) is 1. The number of hydrogen-bond donors (Lipinski definition) is 1. The van der Waals surface area contributed by atoms with Gasteiger partial charge in [-0.25, -0.2) is 0 Å². The summed E-state index contributed by atoms with van der Waals surface area (Å²) in [4.78, 5) is 11.7. The Balaban J connectivity index is 1.58. The summed E-state index contributed by atoms with van der Waals surface area (Å²) in [6, 6.07) is 9.46. The SMILES string of the molecule is COCCn1cc(NC(=O)COCCOc2ccccc2)cn1. The van der Waals surface area contributed by atoms with Crippen LogP contribution in [0.4, 0.5) is 5.69 Å². The lowest BCUT2D eigenvalue weighted by atomic mass is 10.3. The first-order chi connectivity index (χ1) is 11.3. The third-order valence-corrected chi connectivity index (χ3v) is 2.91. The second-order valence-electron chi connectivity index (χ2n) is 4.75. The highest BCUT2D eigenvalue weighted by Gasteiger charge is 2.05. The average Bonchev–Trinajstić information content (AvgIpc) is 3.01. The Morgan fingerprint density at radius 3 is 2.83 bits per heavy atom. The molecule has 0 saturated carbocycles. The molecule has 1 heterocycles. The van der Waals surface area contributed by atoms with Crippen molar-refractivity contribution in [2.24, 2.45) is 0 Å². The average molecular weight is 319 g/mol. The summed E-state index contributed by atoms with van der Waals surface area (Å²) >= 11 is 0. The van der Waals surface area contributed by atoms with Gasteiger partial charge in [-0.3, -0.25) is 9.48 Å². The number of ether oxygens (including phenoxy) is 3. The van der Waals surface area contributed by atoms with Gasteiger partial charge in [0.2, 0.25) is 5.91 Å². The van der Waals surface area contributed by atoms with Crippen LogP contribution in [0.5, 0.6) is 5.75 Å². The maximum atomic E-state index is 11.7. The molecular formula is C16H21N3O4. The summed E-state index contributed by atoms with van der Waals surface area (Å²) in [5, 5.41) is 6.83. The van der Waals surface area contributed by atoms with Gasteiger partial charge in [0.05, 0.1) is 31.6 Å². The lowest BCUT2D eigenvalue weighted by molar-refractivity contribution is -0.120. The van der Waals surface area contributed by atoms with Crippen LogP contribution in [-0.4, -0.2) is 49.2 Å². The number of hydrogen-bond acceptors (Lipinski definition) is 5. The van der Waals surface area contributed by atoms with Crippen molar-refractivity contribution < 1.29 is 19.0 Å². The Hall–Kier alpha value is -2.38. The van der Waals surface area contributed by atoms with Gasteiger partial charge in [-0.05, 0) is 12.1 Å². The lowest BCUT2D eigenvalue weighted by Crippen LogP contribution is -2.20. The van der Waals surface area contributed by atoms with E-state index in [9.17, 15) is 4.79 Å². The molecule has 0 spiro atoms. The second kappa shape index (κ2) is 9.60. The third kappa shape index (κ3) is 6.50. The van der Waals surface area contributed by atoms with Crippen molar-refractivity contribution in [3.63, 3.8) is 0 Å². The van der Waals surface area contributed by atoms with Crippen LogP contribution in [0.25, 0.3) is 0 Å². The van der Waals surface area contributed by atoms with Crippen molar-refractivity contribution >= 4 is 11.6 Å². The zero-order chi connectivity index (χ0) is 16.3. The van der Waals surface area contributed by atoms with Gasteiger partial charge in [-0.2, -0.15) is 5.10 Å². The second-order valence-corrected chi connectivity index (χ2v) is 4.75. The molecule has 2 aromatic rings. The lowest BCUT2D eigenvalue weighted by Gasteiger charge is -2.07. The molecule has 0 unspecified atom stereocenters. The van der Waals surface area contributed by atoms with Gasteiger partial charge in [-0.1, -0.05) is 18.2 Å². The number of nitrogens with zero attached hydrogens (tertiary/aromatic N) is 2. The number of anilines is 1. The van der Waals surface area contributed by atoms with E-state index in [1.165, 1.54) is 0 Å². The topological polar surface area (TPSA) is 74.6 Å². The van der Waals surface area contributed by atoms with E-state index in [1.54, 1.807) is 24.2 Å². The smallest absolute Gasteiger partial charge is 0.250 e. The van der Waals surface area contributed by atoms with E-state index >= 15 is 0 Å². The van der Waals surface area contributed by atoms with Crippen LogP contribution in [0.2, 0.25) is 0 Å². The summed E-state index contributed by atoms with van der Waals surface area (Å²) in [5.74, 6) is 0.556. The monoisotopic (exact) mass is 319 g/mol. The van der Waals surface area contributed by atoms with Crippen LogP contribution in [0.1, 0.15) is 0 Å². The maximum Gasteiger partial charge on any atom is 0.250 e. The summed E-state index contributed by atoms with van der Waals surface area (Å²) in [7, 11) is 1.63. The maximum absolute atomic E-state index is 11.7. The molecule has 1 amide bonds. The fourth-order valence-electron chi connectivity index (χ4n) is 1.83. The van der Waals surface area contributed by atoms with E-state index < -0.39 is 0 Å². The van der Waals surface area contributed by atoms with Crippen molar-refractivity contribution in [2.45, 2.75) is 6.54 Å². The number of aromatic nitrogens is 2. The number of para-hydroxylation sites is 1. The van der Waals surface area contributed by atoms with Crippen molar-refractivity contribution in [1.82, 2.24) is 9.78 Å². The number of methoxy groups -OCH3 is 1. The molecule has 0 aliphatic heterocycles. The summed E-state index contributed by atoms with van der Waals surface area (Å²) in [6.45, 7) is 1.92. The van der Waals surface area contributed by atoms with E-state index in [4.69, 9.17) is 14.2 Å². The number of benzene rings is 1. The van der Waals surface area contributed by atoms with Crippen LogP contribution in [0.3, 0.4) is 0 Å². The zero-order valence-electron chi connectivity index (χ0n) is 13.1. The quantitative estimate of drug-likeness (QED) is 0.673. The summed E-state index contributed by atoms with van der Waals surface area (Å²) in [6.07, 6.45) is 3.33. The molecule has 7 heteroatoms. The Morgan fingerprint density at radius 2 is 2.04 bits per heavy atom. The number of rotatable bonds is 10. The van der Waals surface area contributed by atoms with E-state index in [1.807, 2.05) is 30.3 Å². The largest absolute Gasteiger partial charge is 0.491 e. The Bertz CT molecular complexity index is 586. The van der Waals surface area contributed by atoms with Gasteiger partial charge in [0.1, 0.15) is 19.0 Å². The molecule has 23 heavy (non-hydrogen) atoms. The minimum atomic E-state index is -0.226. The normalized spacial score (nSPS) is 10.5. The zero-order valence-corrected chi connectivity index (χ0v) is 13.1. The predicted octanol–water partition coefficient (Wildman–Crippen LogP) is 1.56. The molecule has 0 radical (unpaired) electrons. The van der Waals surface area contributed by atoms with Gasteiger partial charge in [-0.15, -0.1) is 0 Å². The third-order valence-electron chi connectivity index (χ3n) is 2.91. The molecule has 0 aliphatic rings. The van der Waals surface area contributed by atoms with Crippen molar-refractivity contribution in [3.8, 4) is 5.75 Å². The molecule has 0 aliphatic carbocycles. The van der Waals surface area contributed by atoms with Crippen LogP contribution in [0, 0.1) is 0 Å². The van der Waals surface area contributed by atoms with Crippen LogP contribution >= 0.6 is 0 Å². The van der Waals surface area contributed by atoms with Gasteiger partial charge in [0, 0.05) is 13.3 Å². The van der Waals surface area contributed by atoms with E-state index in [2.05, 4.69) is 10.4 Å². The first-order valence-electron chi connectivity index (χ1n) is 7.35. The standard InChI is InChI=1S/C16H21N3O4/c1-21-8-7-19-12-14(11-17-19)18-16(20)13-22-9-10-23-15-5-3-2-4-6-15/h2-6,11-12H,7-10,13H2,1H3,(H,18,20). The highest BCUT2D eigenvalue weighted by Crippen LogP contribution is 2.07. The molecule has 1 N–H and O–H groups in total. The minimum Gasteiger partial charge on any atom is -0.491 e. The molecule has 2 rings (SSSR count). The predicted molar refractivity (Wildman–Crippen MR) is 85.5 cm³/mol. The van der Waals surface area contributed by atoms with Gasteiger partial charge in [0.15, 0.2) is 0 Å². The number of carbonyl (C=O) groups excluding carboxylic acids is 1. The van der Waals surface area contributed by atoms with E-state index in [0.717, 1.165) is 5.75 Å². The van der Waals surface area contributed by atoms with Crippen LogP contribution in [-0.2, 0) is 20.8 Å². The molecule has 0 atom stereocenters. The first kappa shape index (κ1) is 17.0. The molecule has 0 fully saturated rings. The van der Waals surface area contributed by atoms with Crippen LogP contribution < -0.4 is 10.1 Å². The Morgan fingerprint density at radius 1 is 1.22 bits per heavy atom. The van der Waals surface area contributed by atoms with E-state index in [-0.39, 0.29) is 12.5 Å². The fraction of sp³-hybridized carbons (Fsp3) is 0.375. The highest BCUT2D eigenvalue weighted by molar-refractivity contribution is 5.91. The van der Waals surface area contributed by atoms with Crippen molar-refractivity contribution in [2.75, 3.05) is 38.9 Å². The van der Waals surface area contributed by atoms with Gasteiger partial charge < -0.3 is 19.5 Å².